The van der Waals surface area contributed by atoms with E-state index in [1.54, 1.807) is 12.4 Å². The molecular weight excluding hydrogens is 218 g/mol. The molecule has 1 aromatic heterocycles. The molecule has 3 rings (SSSR count). The van der Waals surface area contributed by atoms with E-state index in [1.165, 1.54) is 16.3 Å². The number of hydrogen-bond donors (Lipinski definition) is 0. The summed E-state index contributed by atoms with van der Waals surface area (Å²) in [6.07, 6.45) is 7.84. The number of aromatic nitrogens is 1. The number of pyridine rings is 1. The maximum atomic E-state index is 4.01. The normalized spacial score (nSPS) is 11.1. The zero-order valence-corrected chi connectivity index (χ0v) is 9.95. The molecule has 0 saturated carbocycles. The second-order valence-electron chi connectivity index (χ2n) is 4.22. The van der Waals surface area contributed by atoms with E-state index in [2.05, 4.69) is 59.6 Å². The summed E-state index contributed by atoms with van der Waals surface area (Å²) in [5.74, 6) is 0. The number of benzene rings is 2. The van der Waals surface area contributed by atoms with Gasteiger partial charge >= 0.3 is 0 Å². The highest BCUT2D eigenvalue weighted by Crippen LogP contribution is 2.17. The lowest BCUT2D eigenvalue weighted by atomic mass is 10.1. The molecule has 0 aliphatic carbocycles. The second-order valence-corrected chi connectivity index (χ2v) is 4.22. The van der Waals surface area contributed by atoms with Crippen molar-refractivity contribution in [2.45, 2.75) is 0 Å². The van der Waals surface area contributed by atoms with Crippen molar-refractivity contribution < 1.29 is 0 Å². The summed E-state index contributed by atoms with van der Waals surface area (Å²) in [5.41, 5.74) is 2.38. The minimum absolute atomic E-state index is 1.16. The van der Waals surface area contributed by atoms with Gasteiger partial charge in [0.25, 0.3) is 0 Å². The average Bonchev–Trinajstić information content (AvgIpc) is 2.46. The first-order valence-electron chi connectivity index (χ1n) is 5.99. The molecule has 0 bridgehead atoms. The zero-order valence-electron chi connectivity index (χ0n) is 9.95. The number of nitrogens with zero attached hydrogens (tertiary/aromatic N) is 1. The highest BCUT2D eigenvalue weighted by molar-refractivity contribution is 5.85. The SMILES string of the molecule is C(=Cc1ccc2ccccc2c1)c1ccncc1. The molecule has 0 N–H and O–H groups in total. The van der Waals surface area contributed by atoms with Gasteiger partial charge in [0.2, 0.25) is 0 Å². The fourth-order valence-corrected chi connectivity index (χ4v) is 1.98. The zero-order chi connectivity index (χ0) is 12.2. The summed E-state index contributed by atoms with van der Waals surface area (Å²) >= 11 is 0. The molecule has 0 unspecified atom stereocenters. The van der Waals surface area contributed by atoms with Crippen LogP contribution in [0.4, 0.5) is 0 Å². The van der Waals surface area contributed by atoms with Crippen LogP contribution in [0.3, 0.4) is 0 Å². The summed E-state index contributed by atoms with van der Waals surface area (Å²) in [5, 5.41) is 2.55. The number of hydrogen-bond acceptors (Lipinski definition) is 1. The van der Waals surface area contributed by atoms with Crippen LogP contribution in [-0.4, -0.2) is 4.98 Å². The maximum absolute atomic E-state index is 4.01. The Morgan fingerprint density at radius 1 is 0.667 bits per heavy atom. The standard InChI is InChI=1S/C17H13N/c1-2-4-17-13-15(7-8-16(17)3-1)6-5-14-9-11-18-12-10-14/h1-13H. The van der Waals surface area contributed by atoms with E-state index >= 15 is 0 Å². The summed E-state index contributed by atoms with van der Waals surface area (Å²) in [7, 11) is 0. The van der Waals surface area contributed by atoms with E-state index in [1.807, 2.05) is 12.1 Å². The Balaban J connectivity index is 1.93. The van der Waals surface area contributed by atoms with Crippen LogP contribution in [0.15, 0.2) is 67.0 Å². The molecule has 18 heavy (non-hydrogen) atoms. The van der Waals surface area contributed by atoms with Crippen molar-refractivity contribution in [3.63, 3.8) is 0 Å². The van der Waals surface area contributed by atoms with Crippen LogP contribution in [0.5, 0.6) is 0 Å². The van der Waals surface area contributed by atoms with Crippen LogP contribution in [0.1, 0.15) is 11.1 Å². The molecule has 2 aromatic carbocycles. The molecule has 1 heteroatoms. The van der Waals surface area contributed by atoms with Gasteiger partial charge in [-0.05, 0) is 40.1 Å². The van der Waals surface area contributed by atoms with E-state index in [-0.39, 0.29) is 0 Å². The Labute approximate surface area is 106 Å². The van der Waals surface area contributed by atoms with Crippen LogP contribution >= 0.6 is 0 Å². The molecule has 1 heterocycles. The van der Waals surface area contributed by atoms with Gasteiger partial charge in [0.15, 0.2) is 0 Å². The topological polar surface area (TPSA) is 12.9 Å². The minimum Gasteiger partial charge on any atom is -0.265 e. The molecule has 0 radical (unpaired) electrons. The van der Waals surface area contributed by atoms with Gasteiger partial charge in [0.1, 0.15) is 0 Å². The average molecular weight is 231 g/mol. The minimum atomic E-state index is 1.16. The van der Waals surface area contributed by atoms with Crippen molar-refractivity contribution in [1.29, 1.82) is 0 Å². The molecule has 0 amide bonds. The highest BCUT2D eigenvalue weighted by Gasteiger charge is 1.92. The van der Waals surface area contributed by atoms with Crippen molar-refractivity contribution >= 4 is 22.9 Å². The second kappa shape index (κ2) is 4.84. The first kappa shape index (κ1) is 10.7. The lowest BCUT2D eigenvalue weighted by molar-refractivity contribution is 1.32. The Kier molecular flexibility index (Phi) is 2.89. The summed E-state index contributed by atoms with van der Waals surface area (Å²) in [4.78, 5) is 4.01. The summed E-state index contributed by atoms with van der Waals surface area (Å²) in [6, 6.07) is 18.9. The largest absolute Gasteiger partial charge is 0.265 e. The van der Waals surface area contributed by atoms with Crippen molar-refractivity contribution in [3.8, 4) is 0 Å². The first-order valence-corrected chi connectivity index (χ1v) is 5.99. The van der Waals surface area contributed by atoms with Crippen LogP contribution in [0, 0.1) is 0 Å². The number of fused-ring (bicyclic) bond motifs is 1. The van der Waals surface area contributed by atoms with Crippen molar-refractivity contribution in [2.75, 3.05) is 0 Å². The Hall–Kier alpha value is -2.41. The van der Waals surface area contributed by atoms with E-state index in [0.717, 1.165) is 5.56 Å². The van der Waals surface area contributed by atoms with Gasteiger partial charge in [-0.3, -0.25) is 4.98 Å². The van der Waals surface area contributed by atoms with Gasteiger partial charge < -0.3 is 0 Å². The molecule has 0 spiro atoms. The molecule has 0 aliphatic heterocycles. The van der Waals surface area contributed by atoms with E-state index < -0.39 is 0 Å². The van der Waals surface area contributed by atoms with Gasteiger partial charge in [-0.25, -0.2) is 0 Å². The molecule has 0 atom stereocenters. The Morgan fingerprint density at radius 3 is 2.22 bits per heavy atom. The van der Waals surface area contributed by atoms with Gasteiger partial charge in [-0.15, -0.1) is 0 Å². The smallest absolute Gasteiger partial charge is 0.0273 e. The third kappa shape index (κ3) is 2.30. The molecule has 3 aromatic rings. The van der Waals surface area contributed by atoms with E-state index in [0.29, 0.717) is 0 Å². The fraction of sp³-hybridized carbons (Fsp3) is 0. The molecule has 0 fully saturated rings. The van der Waals surface area contributed by atoms with Gasteiger partial charge in [-0.1, -0.05) is 48.6 Å². The Bertz CT molecular complexity index is 684. The molecular formula is C17H13N. The molecule has 0 aliphatic rings. The van der Waals surface area contributed by atoms with Crippen LogP contribution in [0.2, 0.25) is 0 Å². The summed E-state index contributed by atoms with van der Waals surface area (Å²) in [6.45, 7) is 0. The van der Waals surface area contributed by atoms with Crippen LogP contribution in [-0.2, 0) is 0 Å². The monoisotopic (exact) mass is 231 g/mol. The van der Waals surface area contributed by atoms with E-state index in [9.17, 15) is 0 Å². The molecule has 1 nitrogen and oxygen atoms in total. The highest BCUT2D eigenvalue weighted by atomic mass is 14.6. The summed E-state index contributed by atoms with van der Waals surface area (Å²) < 4.78 is 0. The number of rotatable bonds is 2. The lowest BCUT2D eigenvalue weighted by Crippen LogP contribution is -1.76. The van der Waals surface area contributed by atoms with E-state index in [4.69, 9.17) is 0 Å². The van der Waals surface area contributed by atoms with Crippen LogP contribution < -0.4 is 0 Å². The molecule has 86 valence electrons. The van der Waals surface area contributed by atoms with Crippen LogP contribution in [0.25, 0.3) is 22.9 Å². The third-order valence-corrected chi connectivity index (χ3v) is 2.95. The molecule has 0 saturated heterocycles. The first-order chi connectivity index (χ1) is 8.92. The quantitative estimate of drug-likeness (QED) is 0.636. The Morgan fingerprint density at radius 2 is 1.39 bits per heavy atom. The van der Waals surface area contributed by atoms with Gasteiger partial charge in [0, 0.05) is 12.4 Å². The fourth-order valence-electron chi connectivity index (χ4n) is 1.98. The van der Waals surface area contributed by atoms with Gasteiger partial charge in [0.05, 0.1) is 0 Å². The van der Waals surface area contributed by atoms with Crippen molar-refractivity contribution in [1.82, 2.24) is 4.98 Å². The maximum Gasteiger partial charge on any atom is 0.0273 e. The lowest BCUT2D eigenvalue weighted by Gasteiger charge is -1.99. The van der Waals surface area contributed by atoms with Crippen molar-refractivity contribution in [2.24, 2.45) is 0 Å². The predicted octanol–water partition coefficient (Wildman–Crippen LogP) is 4.41. The van der Waals surface area contributed by atoms with Gasteiger partial charge in [-0.2, -0.15) is 0 Å². The third-order valence-electron chi connectivity index (χ3n) is 2.95. The van der Waals surface area contributed by atoms with Crippen molar-refractivity contribution in [3.05, 3.63) is 78.1 Å². The predicted molar refractivity (Wildman–Crippen MR) is 77.1 cm³/mol.